The van der Waals surface area contributed by atoms with Crippen molar-refractivity contribution in [2.24, 2.45) is 0 Å². The first-order chi connectivity index (χ1) is 13.8. The molecule has 0 spiro atoms. The molecule has 1 N–H and O–H groups in total. The average Bonchev–Trinajstić information content (AvgIpc) is 3.29. The molecule has 9 heteroatoms. The van der Waals surface area contributed by atoms with E-state index >= 15 is 0 Å². The summed E-state index contributed by atoms with van der Waals surface area (Å²) in [6.07, 6.45) is 5.67. The van der Waals surface area contributed by atoms with Crippen LogP contribution < -0.4 is 5.32 Å². The number of aromatic nitrogens is 2. The van der Waals surface area contributed by atoms with Crippen molar-refractivity contribution >= 4 is 32.4 Å². The van der Waals surface area contributed by atoms with Gasteiger partial charge >= 0.3 is 0 Å². The Balaban J connectivity index is 1.68. The maximum absolute atomic E-state index is 14.4. The quantitative estimate of drug-likeness (QED) is 0.540. The van der Waals surface area contributed by atoms with Crippen LogP contribution in [0.2, 0.25) is 0 Å². The minimum atomic E-state index is -3.41. The summed E-state index contributed by atoms with van der Waals surface area (Å²) in [4.78, 5) is 16.7. The predicted octanol–water partition coefficient (Wildman–Crippen LogP) is 3.55. The van der Waals surface area contributed by atoms with Crippen molar-refractivity contribution in [1.82, 2.24) is 9.55 Å². The number of carbonyl (C=O) groups excluding carboxylic acids is 1. The maximum atomic E-state index is 14.4. The van der Waals surface area contributed by atoms with E-state index in [0.29, 0.717) is 11.0 Å². The molecule has 0 aliphatic rings. The number of hydrogen-bond donors (Lipinski definition) is 1. The van der Waals surface area contributed by atoms with Gasteiger partial charge in [-0.25, -0.2) is 17.8 Å². The highest BCUT2D eigenvalue weighted by Gasteiger charge is 2.23. The first-order valence-corrected chi connectivity index (χ1v) is 10.7. The largest absolute Gasteiger partial charge is 0.451 e. The summed E-state index contributed by atoms with van der Waals surface area (Å²) >= 11 is 0. The van der Waals surface area contributed by atoms with Gasteiger partial charge in [0.25, 0.3) is 5.91 Å². The lowest BCUT2D eigenvalue weighted by Gasteiger charge is -2.08. The topological polar surface area (TPSA) is 94.2 Å². The van der Waals surface area contributed by atoms with E-state index in [9.17, 15) is 17.6 Å². The van der Waals surface area contributed by atoms with Gasteiger partial charge in [-0.15, -0.1) is 0 Å². The molecule has 1 amide bonds. The molecule has 0 unspecified atom stereocenters. The summed E-state index contributed by atoms with van der Waals surface area (Å²) in [5.74, 6) is -1.67. The van der Waals surface area contributed by atoms with Crippen molar-refractivity contribution in [3.63, 3.8) is 0 Å². The normalized spacial score (nSPS) is 11.7. The number of benzene rings is 2. The van der Waals surface area contributed by atoms with Gasteiger partial charge in [0.1, 0.15) is 11.4 Å². The van der Waals surface area contributed by atoms with E-state index in [-0.39, 0.29) is 28.5 Å². The smallest absolute Gasteiger partial charge is 0.291 e. The number of halogens is 1. The van der Waals surface area contributed by atoms with Crippen LogP contribution in [0.4, 0.5) is 10.1 Å². The van der Waals surface area contributed by atoms with Gasteiger partial charge < -0.3 is 14.3 Å². The van der Waals surface area contributed by atoms with Crippen molar-refractivity contribution in [2.75, 3.05) is 11.6 Å². The highest BCUT2D eigenvalue weighted by molar-refractivity contribution is 7.89. The summed E-state index contributed by atoms with van der Waals surface area (Å²) < 4.78 is 45.2. The molecule has 29 heavy (non-hydrogen) atoms. The van der Waals surface area contributed by atoms with Crippen LogP contribution in [-0.2, 0) is 15.6 Å². The Hall–Kier alpha value is -3.46. The molecule has 0 saturated heterocycles. The van der Waals surface area contributed by atoms with Crippen LogP contribution >= 0.6 is 0 Å². The van der Waals surface area contributed by atoms with Gasteiger partial charge in [0, 0.05) is 35.3 Å². The molecule has 0 bridgehead atoms. The summed E-state index contributed by atoms with van der Waals surface area (Å²) in [6, 6.07) is 11.0. The zero-order chi connectivity index (χ0) is 20.6. The number of sulfone groups is 1. The van der Waals surface area contributed by atoms with Crippen molar-refractivity contribution in [1.29, 1.82) is 0 Å². The van der Waals surface area contributed by atoms with Crippen LogP contribution in [0.15, 0.2) is 65.6 Å². The van der Waals surface area contributed by atoms with Gasteiger partial charge in [0.05, 0.1) is 17.8 Å². The van der Waals surface area contributed by atoms with Crippen molar-refractivity contribution in [2.45, 2.75) is 5.75 Å². The molecule has 0 aliphatic heterocycles. The molecule has 4 rings (SSSR count). The molecule has 4 aromatic rings. The first-order valence-electron chi connectivity index (χ1n) is 8.59. The number of para-hydroxylation sites is 1. The second kappa shape index (κ2) is 7.17. The second-order valence-electron chi connectivity index (χ2n) is 6.57. The zero-order valence-electron chi connectivity index (χ0n) is 15.3. The van der Waals surface area contributed by atoms with Gasteiger partial charge in [-0.2, -0.15) is 0 Å². The van der Waals surface area contributed by atoms with Gasteiger partial charge in [-0.05, 0) is 24.3 Å². The molecule has 0 atom stereocenters. The fourth-order valence-electron chi connectivity index (χ4n) is 3.07. The number of fused-ring (bicyclic) bond motifs is 1. The van der Waals surface area contributed by atoms with Crippen LogP contribution in [0.5, 0.6) is 0 Å². The predicted molar refractivity (Wildman–Crippen MR) is 106 cm³/mol. The zero-order valence-corrected chi connectivity index (χ0v) is 16.1. The number of nitrogens with one attached hydrogen (secondary N) is 1. The highest BCUT2D eigenvalue weighted by Crippen LogP contribution is 2.28. The minimum absolute atomic E-state index is 0.115. The fraction of sp³-hybridized carbons (Fsp3) is 0.100. The molecule has 2 aromatic carbocycles. The number of anilines is 1. The van der Waals surface area contributed by atoms with Crippen LogP contribution in [0.25, 0.3) is 16.7 Å². The fourth-order valence-corrected chi connectivity index (χ4v) is 3.88. The number of furan rings is 1. The summed E-state index contributed by atoms with van der Waals surface area (Å²) in [5.41, 5.74) is 1.16. The number of carbonyl (C=O) groups is 1. The van der Waals surface area contributed by atoms with E-state index < -0.39 is 21.6 Å². The second-order valence-corrected chi connectivity index (χ2v) is 8.71. The van der Waals surface area contributed by atoms with Crippen LogP contribution in [0.3, 0.4) is 0 Å². The van der Waals surface area contributed by atoms with E-state index in [2.05, 4.69) is 10.3 Å². The van der Waals surface area contributed by atoms with E-state index in [1.54, 1.807) is 30.5 Å². The van der Waals surface area contributed by atoms with Crippen LogP contribution in [0.1, 0.15) is 16.1 Å². The van der Waals surface area contributed by atoms with Crippen molar-refractivity contribution in [3.8, 4) is 5.69 Å². The lowest BCUT2D eigenvalue weighted by molar-refractivity contribution is 0.0998. The van der Waals surface area contributed by atoms with E-state index in [1.807, 2.05) is 0 Å². The highest BCUT2D eigenvalue weighted by atomic mass is 32.2. The van der Waals surface area contributed by atoms with E-state index in [0.717, 1.165) is 6.26 Å². The number of nitrogens with zero attached hydrogens (tertiary/aromatic N) is 2. The third kappa shape index (κ3) is 3.90. The third-order valence-corrected chi connectivity index (χ3v) is 5.11. The van der Waals surface area contributed by atoms with Crippen molar-refractivity contribution in [3.05, 3.63) is 78.3 Å². The maximum Gasteiger partial charge on any atom is 0.291 e. The number of imidazole rings is 1. The van der Waals surface area contributed by atoms with Gasteiger partial charge in [0.2, 0.25) is 0 Å². The van der Waals surface area contributed by atoms with E-state index in [1.165, 1.54) is 35.3 Å². The molecule has 7 nitrogen and oxygen atoms in total. The number of hydrogen-bond acceptors (Lipinski definition) is 5. The Morgan fingerprint density at radius 2 is 2.03 bits per heavy atom. The summed E-state index contributed by atoms with van der Waals surface area (Å²) in [7, 11) is -3.41. The SMILES string of the molecule is CS(=O)(=O)Cc1c(C(=O)Nc2ccc(-n3ccnc3)c(F)c2)oc2ccccc12. The van der Waals surface area contributed by atoms with Crippen LogP contribution in [-0.4, -0.2) is 30.1 Å². The van der Waals surface area contributed by atoms with Gasteiger partial charge in [0.15, 0.2) is 15.6 Å². The lowest BCUT2D eigenvalue weighted by atomic mass is 10.1. The standard InChI is InChI=1S/C20H16FN3O4S/c1-29(26,27)11-15-14-4-2-3-5-18(14)28-19(15)20(25)23-13-6-7-17(16(21)10-13)24-9-8-22-12-24/h2-10,12H,11H2,1H3,(H,23,25). The van der Waals surface area contributed by atoms with E-state index in [4.69, 9.17) is 4.42 Å². The summed E-state index contributed by atoms with van der Waals surface area (Å²) in [5, 5.41) is 3.11. The monoisotopic (exact) mass is 413 g/mol. The number of rotatable bonds is 5. The Labute approximate surface area is 165 Å². The Morgan fingerprint density at radius 3 is 2.72 bits per heavy atom. The molecule has 0 fully saturated rings. The van der Waals surface area contributed by atoms with Gasteiger partial charge in [-0.1, -0.05) is 18.2 Å². The minimum Gasteiger partial charge on any atom is -0.451 e. The third-order valence-electron chi connectivity index (χ3n) is 4.30. The average molecular weight is 413 g/mol. The van der Waals surface area contributed by atoms with Crippen LogP contribution in [0, 0.1) is 5.82 Å². The Morgan fingerprint density at radius 1 is 1.24 bits per heavy atom. The molecular weight excluding hydrogens is 397 g/mol. The lowest BCUT2D eigenvalue weighted by Crippen LogP contribution is -2.14. The molecule has 0 radical (unpaired) electrons. The molecule has 148 valence electrons. The molecule has 0 aliphatic carbocycles. The number of amides is 1. The molecule has 2 heterocycles. The Kier molecular flexibility index (Phi) is 4.67. The summed E-state index contributed by atoms with van der Waals surface area (Å²) in [6.45, 7) is 0. The Bertz CT molecular complexity index is 1310. The first kappa shape index (κ1) is 18.9. The molecular formula is C20H16FN3O4S. The van der Waals surface area contributed by atoms with Gasteiger partial charge in [-0.3, -0.25) is 4.79 Å². The molecule has 2 aromatic heterocycles. The van der Waals surface area contributed by atoms with Crippen molar-refractivity contribution < 1.29 is 22.0 Å². The molecule has 0 saturated carbocycles.